The lowest BCUT2D eigenvalue weighted by Gasteiger charge is -2.04. The molecule has 5 rings (SSSR count). The van der Waals surface area contributed by atoms with Crippen molar-refractivity contribution in [3.05, 3.63) is 108 Å². The smallest absolute Gasteiger partial charge is 0.205 e. The SMILES string of the molecule is Nc1c(C(=O)c2ccc(-c3ccccc3)cc2)sc2nc(-c3ccccc3)ccc12. The molecule has 0 aliphatic rings. The van der Waals surface area contributed by atoms with Gasteiger partial charge in [-0.2, -0.15) is 0 Å². The molecule has 0 amide bonds. The van der Waals surface area contributed by atoms with Crippen LogP contribution >= 0.6 is 11.3 Å². The fourth-order valence-corrected chi connectivity index (χ4v) is 4.57. The van der Waals surface area contributed by atoms with Gasteiger partial charge in [-0.15, -0.1) is 11.3 Å². The number of rotatable bonds is 4. The van der Waals surface area contributed by atoms with Crippen molar-refractivity contribution in [2.24, 2.45) is 0 Å². The van der Waals surface area contributed by atoms with Crippen molar-refractivity contribution in [3.8, 4) is 22.4 Å². The summed E-state index contributed by atoms with van der Waals surface area (Å²) in [6.07, 6.45) is 0. The van der Waals surface area contributed by atoms with Crippen molar-refractivity contribution in [3.63, 3.8) is 0 Å². The molecule has 0 fully saturated rings. The molecule has 0 aliphatic heterocycles. The highest BCUT2D eigenvalue weighted by atomic mass is 32.1. The second-order valence-corrected chi connectivity index (χ2v) is 8.03. The molecule has 0 saturated carbocycles. The summed E-state index contributed by atoms with van der Waals surface area (Å²) in [5.74, 6) is -0.0728. The summed E-state index contributed by atoms with van der Waals surface area (Å²) in [6.45, 7) is 0. The van der Waals surface area contributed by atoms with Gasteiger partial charge in [0.25, 0.3) is 0 Å². The van der Waals surface area contributed by atoms with E-state index >= 15 is 0 Å². The van der Waals surface area contributed by atoms with Crippen LogP contribution < -0.4 is 5.73 Å². The molecule has 144 valence electrons. The van der Waals surface area contributed by atoms with Crippen LogP contribution in [0.2, 0.25) is 0 Å². The number of hydrogen-bond donors (Lipinski definition) is 1. The van der Waals surface area contributed by atoms with Gasteiger partial charge in [0.1, 0.15) is 9.71 Å². The van der Waals surface area contributed by atoms with Gasteiger partial charge in [-0.05, 0) is 23.3 Å². The van der Waals surface area contributed by atoms with Crippen molar-refractivity contribution in [1.82, 2.24) is 4.98 Å². The van der Waals surface area contributed by atoms with Crippen LogP contribution in [0.15, 0.2) is 97.1 Å². The molecule has 0 aliphatic carbocycles. The quantitative estimate of drug-likeness (QED) is 0.349. The number of fused-ring (bicyclic) bond motifs is 1. The Morgan fingerprint density at radius 2 is 1.30 bits per heavy atom. The van der Waals surface area contributed by atoms with Crippen LogP contribution in [0.4, 0.5) is 5.69 Å². The lowest BCUT2D eigenvalue weighted by Crippen LogP contribution is -2.01. The van der Waals surface area contributed by atoms with Gasteiger partial charge in [-0.1, -0.05) is 84.9 Å². The number of carbonyl (C=O) groups is 1. The molecule has 0 spiro atoms. The van der Waals surface area contributed by atoms with E-state index < -0.39 is 0 Å². The van der Waals surface area contributed by atoms with E-state index in [4.69, 9.17) is 10.7 Å². The summed E-state index contributed by atoms with van der Waals surface area (Å²) in [7, 11) is 0. The number of nitrogen functional groups attached to an aromatic ring is 1. The highest BCUT2D eigenvalue weighted by Crippen LogP contribution is 2.35. The van der Waals surface area contributed by atoms with E-state index in [2.05, 4.69) is 12.1 Å². The highest BCUT2D eigenvalue weighted by Gasteiger charge is 2.19. The minimum absolute atomic E-state index is 0.0728. The average Bonchev–Trinajstić information content (AvgIpc) is 3.15. The molecule has 2 aromatic heterocycles. The van der Waals surface area contributed by atoms with Crippen molar-refractivity contribution >= 4 is 33.0 Å². The third kappa shape index (κ3) is 3.27. The standard InChI is InChI=1S/C26H18N2OS/c27-23-21-15-16-22(19-9-5-2-6-10-19)28-26(21)30-25(23)24(29)20-13-11-18(12-14-20)17-7-3-1-4-8-17/h1-16H,27H2. The van der Waals surface area contributed by atoms with E-state index in [1.54, 1.807) is 0 Å². The summed E-state index contributed by atoms with van der Waals surface area (Å²) in [6, 6.07) is 31.6. The minimum Gasteiger partial charge on any atom is -0.397 e. The molecular weight excluding hydrogens is 388 g/mol. The summed E-state index contributed by atoms with van der Waals surface area (Å²) >= 11 is 1.35. The Morgan fingerprint density at radius 1 is 0.700 bits per heavy atom. The maximum atomic E-state index is 13.1. The molecule has 0 unspecified atom stereocenters. The summed E-state index contributed by atoms with van der Waals surface area (Å²) in [5.41, 5.74) is 11.6. The summed E-state index contributed by atoms with van der Waals surface area (Å²) < 4.78 is 0. The first kappa shape index (κ1) is 18.3. The first-order valence-electron chi connectivity index (χ1n) is 9.65. The maximum absolute atomic E-state index is 13.1. The monoisotopic (exact) mass is 406 g/mol. The molecule has 3 nitrogen and oxygen atoms in total. The fourth-order valence-electron chi connectivity index (χ4n) is 3.51. The molecule has 2 heterocycles. The number of thiophene rings is 1. The summed E-state index contributed by atoms with van der Waals surface area (Å²) in [4.78, 5) is 19.2. The first-order chi connectivity index (χ1) is 14.7. The predicted molar refractivity (Wildman–Crippen MR) is 125 cm³/mol. The van der Waals surface area contributed by atoms with Crippen LogP contribution in [0.3, 0.4) is 0 Å². The van der Waals surface area contributed by atoms with E-state index in [9.17, 15) is 4.79 Å². The zero-order valence-corrected chi connectivity index (χ0v) is 16.9. The van der Waals surface area contributed by atoms with Gasteiger partial charge >= 0.3 is 0 Å². The molecule has 0 atom stereocenters. The van der Waals surface area contributed by atoms with Crippen LogP contribution in [-0.4, -0.2) is 10.8 Å². The fraction of sp³-hybridized carbons (Fsp3) is 0. The van der Waals surface area contributed by atoms with E-state index in [1.807, 2.05) is 84.9 Å². The van der Waals surface area contributed by atoms with E-state index in [0.29, 0.717) is 16.1 Å². The second kappa shape index (κ2) is 7.58. The van der Waals surface area contributed by atoms with Gasteiger partial charge in [0, 0.05) is 16.5 Å². The molecule has 0 radical (unpaired) electrons. The Hall–Kier alpha value is -3.76. The van der Waals surface area contributed by atoms with Crippen LogP contribution in [0.5, 0.6) is 0 Å². The van der Waals surface area contributed by atoms with Gasteiger partial charge in [0.05, 0.1) is 11.4 Å². The second-order valence-electron chi connectivity index (χ2n) is 7.03. The molecule has 4 heteroatoms. The largest absolute Gasteiger partial charge is 0.397 e. The Morgan fingerprint density at radius 3 is 1.97 bits per heavy atom. The van der Waals surface area contributed by atoms with Crippen LogP contribution in [-0.2, 0) is 0 Å². The molecule has 2 N–H and O–H groups in total. The number of anilines is 1. The Bertz CT molecular complexity index is 1340. The van der Waals surface area contributed by atoms with E-state index in [0.717, 1.165) is 32.6 Å². The Balaban J connectivity index is 1.49. The van der Waals surface area contributed by atoms with Crippen molar-refractivity contribution in [2.45, 2.75) is 0 Å². The van der Waals surface area contributed by atoms with Gasteiger partial charge in [-0.3, -0.25) is 4.79 Å². The van der Waals surface area contributed by atoms with Crippen LogP contribution in [0, 0.1) is 0 Å². The zero-order valence-electron chi connectivity index (χ0n) is 16.1. The van der Waals surface area contributed by atoms with Gasteiger partial charge < -0.3 is 5.73 Å². The van der Waals surface area contributed by atoms with Crippen LogP contribution in [0.25, 0.3) is 32.6 Å². The minimum atomic E-state index is -0.0728. The number of pyridine rings is 1. The number of ketones is 1. The molecule has 30 heavy (non-hydrogen) atoms. The van der Waals surface area contributed by atoms with Gasteiger partial charge in [0.15, 0.2) is 0 Å². The van der Waals surface area contributed by atoms with Crippen molar-refractivity contribution < 1.29 is 4.79 Å². The number of hydrogen-bond acceptors (Lipinski definition) is 4. The third-order valence-corrected chi connectivity index (χ3v) is 6.24. The molecule has 0 saturated heterocycles. The lowest BCUT2D eigenvalue weighted by molar-refractivity contribution is 0.104. The maximum Gasteiger partial charge on any atom is 0.205 e. The lowest BCUT2D eigenvalue weighted by atomic mass is 10.0. The highest BCUT2D eigenvalue weighted by molar-refractivity contribution is 7.21. The number of nitrogens with zero attached hydrogens (tertiary/aromatic N) is 1. The molecule has 5 aromatic rings. The van der Waals surface area contributed by atoms with Crippen LogP contribution in [0.1, 0.15) is 15.2 Å². The number of carbonyl (C=O) groups excluding carboxylic acids is 1. The van der Waals surface area contributed by atoms with E-state index in [1.165, 1.54) is 11.3 Å². The summed E-state index contributed by atoms with van der Waals surface area (Å²) in [5, 5.41) is 0.823. The molecule has 0 bridgehead atoms. The van der Waals surface area contributed by atoms with Crippen molar-refractivity contribution in [2.75, 3.05) is 5.73 Å². The molecule has 3 aromatic carbocycles. The van der Waals surface area contributed by atoms with E-state index in [-0.39, 0.29) is 5.78 Å². The Labute approximate surface area is 178 Å². The first-order valence-corrected chi connectivity index (χ1v) is 10.5. The average molecular weight is 407 g/mol. The van der Waals surface area contributed by atoms with Gasteiger partial charge in [0.2, 0.25) is 5.78 Å². The number of aromatic nitrogens is 1. The zero-order chi connectivity index (χ0) is 20.5. The van der Waals surface area contributed by atoms with Gasteiger partial charge in [-0.25, -0.2) is 4.98 Å². The number of benzene rings is 3. The predicted octanol–water partition coefficient (Wildman–Crippen LogP) is 6.44. The van der Waals surface area contributed by atoms with Crippen molar-refractivity contribution in [1.29, 1.82) is 0 Å². The topological polar surface area (TPSA) is 56.0 Å². The third-order valence-electron chi connectivity index (χ3n) is 5.12. The normalized spacial score (nSPS) is 10.9. The molecular formula is C26H18N2OS. The number of nitrogens with two attached hydrogens (primary N) is 1. The Kier molecular flexibility index (Phi) is 4.62.